The van der Waals surface area contributed by atoms with Crippen molar-refractivity contribution < 1.29 is 5.48 Å². The van der Waals surface area contributed by atoms with E-state index in [1.165, 1.54) is 10.0 Å². The van der Waals surface area contributed by atoms with Gasteiger partial charge < -0.3 is 5.48 Å². The van der Waals surface area contributed by atoms with Crippen LogP contribution in [0, 0.1) is 6.92 Å². The number of halogens is 1. The van der Waals surface area contributed by atoms with Gasteiger partial charge in [-0.05, 0) is 18.6 Å². The van der Waals surface area contributed by atoms with E-state index in [0.29, 0.717) is 0 Å². The first-order chi connectivity index (χ1) is 3.80. The van der Waals surface area contributed by atoms with E-state index in [4.69, 9.17) is 0 Å². The van der Waals surface area contributed by atoms with Gasteiger partial charge in [0.2, 0.25) is 0 Å². The molecule has 0 aliphatic heterocycles. The molecule has 0 aliphatic carbocycles. The number of hydrogen-bond acceptors (Lipinski definition) is 0. The van der Waals surface area contributed by atoms with Crippen molar-refractivity contribution in [2.75, 3.05) is 0 Å². The molecule has 0 unspecified atom stereocenters. The van der Waals surface area contributed by atoms with Gasteiger partial charge in [-0.2, -0.15) is 0 Å². The summed E-state index contributed by atoms with van der Waals surface area (Å²) in [5.74, 6) is 0. The molecule has 0 saturated heterocycles. The first-order valence-electron chi connectivity index (χ1n) is 2.52. The molecule has 0 atom stereocenters. The fourth-order valence-corrected chi connectivity index (χ4v) is 0.836. The van der Waals surface area contributed by atoms with E-state index in [2.05, 4.69) is 28.9 Å². The van der Waals surface area contributed by atoms with E-state index < -0.39 is 0 Å². The topological polar surface area (TPSA) is 31.5 Å². The van der Waals surface area contributed by atoms with Gasteiger partial charge in [-0.3, -0.25) is 0 Å². The van der Waals surface area contributed by atoms with Crippen LogP contribution in [0.2, 0.25) is 0 Å². The second-order valence-corrected chi connectivity index (χ2v) is 2.60. The highest BCUT2D eigenvalue weighted by atomic mass is 79.9. The quantitative estimate of drug-likeness (QED) is 0.597. The van der Waals surface area contributed by atoms with Crippen molar-refractivity contribution in [3.05, 3.63) is 34.3 Å². The molecular weight excluding hydrogens is 180 g/mol. The Morgan fingerprint density at radius 3 is 2.11 bits per heavy atom. The molecule has 1 aromatic rings. The van der Waals surface area contributed by atoms with Crippen molar-refractivity contribution in [1.82, 2.24) is 0 Å². The molecule has 1 nitrogen and oxygen atoms in total. The van der Waals surface area contributed by atoms with Crippen LogP contribution in [0.25, 0.3) is 0 Å². The highest BCUT2D eigenvalue weighted by molar-refractivity contribution is 9.10. The average Bonchev–Trinajstić information content (AvgIpc) is 1.77. The Balaban J connectivity index is 0.000000640. The maximum absolute atomic E-state index is 3.40. The second-order valence-electron chi connectivity index (χ2n) is 1.75. The highest BCUT2D eigenvalue weighted by Gasteiger charge is 1.85. The zero-order valence-corrected chi connectivity index (χ0v) is 6.77. The molecule has 50 valence electrons. The van der Waals surface area contributed by atoms with Gasteiger partial charge >= 0.3 is 0 Å². The van der Waals surface area contributed by atoms with Crippen LogP contribution in [-0.4, -0.2) is 5.48 Å². The minimum atomic E-state index is 0. The molecule has 0 aliphatic rings. The SMILES string of the molecule is Cc1ccccc1Br.O. The van der Waals surface area contributed by atoms with Crippen molar-refractivity contribution >= 4 is 15.9 Å². The molecule has 0 amide bonds. The fourth-order valence-electron chi connectivity index (χ4n) is 0.551. The van der Waals surface area contributed by atoms with Crippen molar-refractivity contribution in [2.24, 2.45) is 0 Å². The lowest BCUT2D eigenvalue weighted by Crippen LogP contribution is -1.69. The Bertz CT molecular complexity index is 165. The fraction of sp³-hybridized carbons (Fsp3) is 0.143. The van der Waals surface area contributed by atoms with Crippen LogP contribution in [0.1, 0.15) is 5.56 Å². The first kappa shape index (κ1) is 8.66. The Hall–Kier alpha value is -0.340. The molecule has 0 radical (unpaired) electrons. The lowest BCUT2D eigenvalue weighted by molar-refractivity contribution is 0.824. The zero-order chi connectivity index (χ0) is 5.98. The molecule has 1 aromatic carbocycles. The zero-order valence-electron chi connectivity index (χ0n) is 5.19. The molecule has 0 spiro atoms. The number of rotatable bonds is 0. The maximum atomic E-state index is 3.40. The van der Waals surface area contributed by atoms with Gasteiger partial charge in [0.05, 0.1) is 0 Å². The highest BCUT2D eigenvalue weighted by Crippen LogP contribution is 2.13. The monoisotopic (exact) mass is 188 g/mol. The van der Waals surface area contributed by atoms with Crippen LogP contribution in [-0.2, 0) is 0 Å². The standard InChI is InChI=1S/C7H7Br.H2O/c1-6-4-2-3-5-7(6)8;/h2-5H,1H3;1H2. The summed E-state index contributed by atoms with van der Waals surface area (Å²) in [7, 11) is 0. The second kappa shape index (κ2) is 3.64. The van der Waals surface area contributed by atoms with Gasteiger partial charge in [0.25, 0.3) is 0 Å². The Labute approximate surface area is 63.1 Å². The van der Waals surface area contributed by atoms with Crippen molar-refractivity contribution in [2.45, 2.75) is 6.92 Å². The van der Waals surface area contributed by atoms with Gasteiger partial charge in [-0.1, -0.05) is 34.1 Å². The van der Waals surface area contributed by atoms with E-state index in [1.54, 1.807) is 0 Å². The van der Waals surface area contributed by atoms with Crippen LogP contribution in [0.5, 0.6) is 0 Å². The molecule has 0 saturated carbocycles. The summed E-state index contributed by atoms with van der Waals surface area (Å²) in [6.07, 6.45) is 0. The van der Waals surface area contributed by atoms with Crippen LogP contribution in [0.4, 0.5) is 0 Å². The third kappa shape index (κ3) is 2.16. The minimum Gasteiger partial charge on any atom is -0.412 e. The van der Waals surface area contributed by atoms with Gasteiger partial charge in [-0.15, -0.1) is 0 Å². The molecule has 1 rings (SSSR count). The summed E-state index contributed by atoms with van der Waals surface area (Å²) in [4.78, 5) is 0. The van der Waals surface area contributed by atoms with E-state index in [9.17, 15) is 0 Å². The largest absolute Gasteiger partial charge is 0.412 e. The number of aryl methyl sites for hydroxylation is 1. The van der Waals surface area contributed by atoms with Crippen LogP contribution < -0.4 is 0 Å². The normalized spacial score (nSPS) is 8.22. The first-order valence-corrected chi connectivity index (χ1v) is 3.31. The Morgan fingerprint density at radius 1 is 1.22 bits per heavy atom. The molecule has 2 heteroatoms. The lowest BCUT2D eigenvalue weighted by atomic mass is 10.2. The molecule has 9 heavy (non-hydrogen) atoms. The Kier molecular flexibility index (Phi) is 3.50. The van der Waals surface area contributed by atoms with Crippen LogP contribution in [0.15, 0.2) is 28.7 Å². The van der Waals surface area contributed by atoms with Crippen molar-refractivity contribution in [3.8, 4) is 0 Å². The van der Waals surface area contributed by atoms with Crippen LogP contribution >= 0.6 is 15.9 Å². The van der Waals surface area contributed by atoms with Gasteiger partial charge in [0.15, 0.2) is 0 Å². The minimum absolute atomic E-state index is 0. The summed E-state index contributed by atoms with van der Waals surface area (Å²) in [6, 6.07) is 8.15. The molecule has 0 heterocycles. The van der Waals surface area contributed by atoms with Gasteiger partial charge in [0, 0.05) is 4.47 Å². The number of benzene rings is 1. The summed E-state index contributed by atoms with van der Waals surface area (Å²) in [5, 5.41) is 0. The van der Waals surface area contributed by atoms with Gasteiger partial charge in [0.1, 0.15) is 0 Å². The number of hydrogen-bond donors (Lipinski definition) is 0. The van der Waals surface area contributed by atoms with Gasteiger partial charge in [-0.25, -0.2) is 0 Å². The Morgan fingerprint density at radius 2 is 1.78 bits per heavy atom. The summed E-state index contributed by atoms with van der Waals surface area (Å²) >= 11 is 3.40. The predicted molar refractivity (Wildman–Crippen MR) is 42.5 cm³/mol. The van der Waals surface area contributed by atoms with Crippen LogP contribution in [0.3, 0.4) is 0 Å². The van der Waals surface area contributed by atoms with E-state index in [0.717, 1.165) is 0 Å². The molecule has 2 N–H and O–H groups in total. The summed E-state index contributed by atoms with van der Waals surface area (Å²) in [5.41, 5.74) is 1.28. The molecule has 0 aromatic heterocycles. The molecule has 0 bridgehead atoms. The third-order valence-corrected chi connectivity index (χ3v) is 1.97. The lowest BCUT2D eigenvalue weighted by Gasteiger charge is -1.91. The van der Waals surface area contributed by atoms with E-state index in [-0.39, 0.29) is 5.48 Å². The predicted octanol–water partition coefficient (Wildman–Crippen LogP) is 1.93. The van der Waals surface area contributed by atoms with E-state index in [1.807, 2.05) is 18.2 Å². The smallest absolute Gasteiger partial charge is 0.0204 e. The summed E-state index contributed by atoms with van der Waals surface area (Å²) < 4.78 is 1.18. The molecule has 0 fully saturated rings. The third-order valence-electron chi connectivity index (χ3n) is 1.08. The maximum Gasteiger partial charge on any atom is 0.0204 e. The average molecular weight is 189 g/mol. The van der Waals surface area contributed by atoms with Crippen molar-refractivity contribution in [3.63, 3.8) is 0 Å². The van der Waals surface area contributed by atoms with E-state index >= 15 is 0 Å². The van der Waals surface area contributed by atoms with Crippen molar-refractivity contribution in [1.29, 1.82) is 0 Å². The summed E-state index contributed by atoms with van der Waals surface area (Å²) in [6.45, 7) is 2.07. The molecular formula is C7H9BrO.